The van der Waals surface area contributed by atoms with Crippen LogP contribution in [0.1, 0.15) is 32.8 Å². The maximum absolute atomic E-state index is 12.4. The van der Waals surface area contributed by atoms with E-state index in [1.54, 1.807) is 32.9 Å². The van der Waals surface area contributed by atoms with Crippen LogP contribution in [0.3, 0.4) is 0 Å². The van der Waals surface area contributed by atoms with E-state index in [-0.39, 0.29) is 18.0 Å². The van der Waals surface area contributed by atoms with E-state index in [1.165, 1.54) is 18.1 Å². The van der Waals surface area contributed by atoms with Crippen LogP contribution in [0.15, 0.2) is 18.2 Å². The molecule has 2 atom stereocenters. The molecule has 1 aromatic rings. The van der Waals surface area contributed by atoms with Gasteiger partial charge >= 0.3 is 12.1 Å². The van der Waals surface area contributed by atoms with Crippen LogP contribution in [0.2, 0.25) is 5.02 Å². The summed E-state index contributed by atoms with van der Waals surface area (Å²) in [6.45, 7) is 5.43. The second kappa shape index (κ2) is 7.83. The summed E-state index contributed by atoms with van der Waals surface area (Å²) in [6, 6.07) is 5.89. The Balaban J connectivity index is 2.14. The molecule has 1 saturated heterocycles. The van der Waals surface area contributed by atoms with Gasteiger partial charge in [-0.05, 0) is 32.9 Å². The van der Waals surface area contributed by atoms with Crippen LogP contribution in [-0.2, 0) is 14.3 Å². The van der Waals surface area contributed by atoms with Gasteiger partial charge in [-0.1, -0.05) is 11.6 Å². The van der Waals surface area contributed by atoms with Crippen molar-refractivity contribution in [2.45, 2.75) is 44.9 Å². The Bertz CT molecular complexity index is 738. The van der Waals surface area contributed by atoms with Gasteiger partial charge < -0.3 is 14.2 Å². The van der Waals surface area contributed by atoms with Crippen molar-refractivity contribution in [1.82, 2.24) is 4.90 Å². The number of methoxy groups -OCH3 is 1. The number of amides is 1. The molecular weight excluding hydrogens is 360 g/mol. The lowest BCUT2D eigenvalue weighted by atomic mass is 10.2. The Morgan fingerprint density at radius 3 is 2.58 bits per heavy atom. The van der Waals surface area contributed by atoms with Gasteiger partial charge in [-0.25, -0.2) is 9.59 Å². The lowest BCUT2D eigenvalue weighted by Crippen LogP contribution is -2.44. The molecule has 0 N–H and O–H groups in total. The highest BCUT2D eigenvalue weighted by Crippen LogP contribution is 2.28. The van der Waals surface area contributed by atoms with Crippen LogP contribution < -0.4 is 4.74 Å². The molecular formula is C18H21ClN2O5. The third-order valence-electron chi connectivity index (χ3n) is 3.73. The van der Waals surface area contributed by atoms with Gasteiger partial charge in [0.25, 0.3) is 0 Å². The predicted octanol–water partition coefficient (Wildman–Crippen LogP) is 3.14. The molecule has 0 spiro atoms. The van der Waals surface area contributed by atoms with Crippen molar-refractivity contribution in [2.75, 3.05) is 13.7 Å². The normalized spacial score (nSPS) is 19.6. The number of carbonyl (C=O) groups is 2. The minimum atomic E-state index is -0.784. The maximum atomic E-state index is 12.4. The number of benzene rings is 1. The molecule has 1 aliphatic rings. The first-order valence-corrected chi connectivity index (χ1v) is 8.46. The van der Waals surface area contributed by atoms with Gasteiger partial charge in [-0.2, -0.15) is 5.26 Å². The molecule has 0 aliphatic carbocycles. The predicted molar refractivity (Wildman–Crippen MR) is 93.9 cm³/mol. The lowest BCUT2D eigenvalue weighted by Gasteiger charge is -2.27. The molecule has 0 saturated carbocycles. The number of esters is 1. The fourth-order valence-corrected chi connectivity index (χ4v) is 2.83. The zero-order chi connectivity index (χ0) is 19.5. The summed E-state index contributed by atoms with van der Waals surface area (Å²) in [6.07, 6.45) is -0.767. The van der Waals surface area contributed by atoms with Crippen molar-refractivity contribution in [3.63, 3.8) is 0 Å². The van der Waals surface area contributed by atoms with Gasteiger partial charge in [0.15, 0.2) is 0 Å². The minimum Gasteiger partial charge on any atom is -0.488 e. The Hall–Kier alpha value is -2.46. The molecule has 0 bridgehead atoms. The third kappa shape index (κ3) is 4.79. The first-order valence-electron chi connectivity index (χ1n) is 8.08. The SMILES string of the molecule is COC(=O)[C@H]1C[C@H](Oc2ccc(C#N)c(Cl)c2)CN1C(=O)OC(C)(C)C. The van der Waals surface area contributed by atoms with Gasteiger partial charge in [-0.3, -0.25) is 4.90 Å². The molecule has 26 heavy (non-hydrogen) atoms. The molecule has 7 nitrogen and oxygen atoms in total. The van der Waals surface area contributed by atoms with E-state index in [2.05, 4.69) is 0 Å². The molecule has 1 fully saturated rings. The summed E-state index contributed by atoms with van der Waals surface area (Å²) in [5, 5.41) is 9.19. The summed E-state index contributed by atoms with van der Waals surface area (Å²) in [4.78, 5) is 25.8. The molecule has 0 unspecified atom stereocenters. The molecule has 0 aromatic heterocycles. The zero-order valence-corrected chi connectivity index (χ0v) is 15.9. The monoisotopic (exact) mass is 380 g/mol. The standard InChI is InChI=1S/C18H21ClN2O5/c1-18(2,3)26-17(23)21-10-13(8-15(21)16(22)24-4)25-12-6-5-11(9-20)14(19)7-12/h5-7,13,15H,8,10H2,1-4H3/t13-,15+/m0/s1. The van der Waals surface area contributed by atoms with Crippen LogP contribution >= 0.6 is 11.6 Å². The second-order valence-corrected chi connectivity index (χ2v) is 7.31. The fraction of sp³-hybridized carbons (Fsp3) is 0.500. The second-order valence-electron chi connectivity index (χ2n) is 6.90. The van der Waals surface area contributed by atoms with Gasteiger partial charge in [0.2, 0.25) is 0 Å². The highest BCUT2D eigenvalue weighted by atomic mass is 35.5. The van der Waals surface area contributed by atoms with Gasteiger partial charge in [0.1, 0.15) is 29.6 Å². The minimum absolute atomic E-state index is 0.173. The number of hydrogen-bond acceptors (Lipinski definition) is 6. The molecule has 2 rings (SSSR count). The Kier molecular flexibility index (Phi) is 5.98. The number of ether oxygens (including phenoxy) is 3. The van der Waals surface area contributed by atoms with E-state index in [1.807, 2.05) is 6.07 Å². The summed E-state index contributed by atoms with van der Waals surface area (Å²) < 4.78 is 16.0. The highest BCUT2D eigenvalue weighted by molar-refractivity contribution is 6.31. The maximum Gasteiger partial charge on any atom is 0.411 e. The van der Waals surface area contributed by atoms with Gasteiger partial charge in [0.05, 0.1) is 24.2 Å². The Morgan fingerprint density at radius 2 is 2.04 bits per heavy atom. The largest absolute Gasteiger partial charge is 0.488 e. The van der Waals surface area contributed by atoms with Gasteiger partial charge in [0, 0.05) is 12.5 Å². The van der Waals surface area contributed by atoms with Crippen molar-refractivity contribution >= 4 is 23.7 Å². The molecule has 1 heterocycles. The fourth-order valence-electron chi connectivity index (χ4n) is 2.62. The summed E-state index contributed by atoms with van der Waals surface area (Å²) in [5.41, 5.74) is -0.342. The van der Waals surface area contributed by atoms with Crippen LogP contribution in [0.5, 0.6) is 5.75 Å². The summed E-state index contributed by atoms with van der Waals surface area (Å²) >= 11 is 6.01. The van der Waals surface area contributed by atoms with E-state index in [9.17, 15) is 9.59 Å². The number of hydrogen-bond donors (Lipinski definition) is 0. The molecule has 1 aliphatic heterocycles. The van der Waals surface area contributed by atoms with E-state index in [0.717, 1.165) is 0 Å². The van der Waals surface area contributed by atoms with E-state index in [4.69, 9.17) is 31.1 Å². The Morgan fingerprint density at radius 1 is 1.35 bits per heavy atom. The van der Waals surface area contributed by atoms with Crippen molar-refractivity contribution in [2.24, 2.45) is 0 Å². The average Bonchev–Trinajstić information content (AvgIpc) is 2.97. The molecule has 1 aromatic carbocycles. The molecule has 8 heteroatoms. The third-order valence-corrected chi connectivity index (χ3v) is 4.04. The number of carbonyl (C=O) groups excluding carboxylic acids is 2. The van der Waals surface area contributed by atoms with E-state index >= 15 is 0 Å². The number of nitriles is 1. The number of rotatable bonds is 3. The quantitative estimate of drug-likeness (QED) is 0.748. The molecule has 1 amide bonds. The zero-order valence-electron chi connectivity index (χ0n) is 15.1. The number of likely N-dealkylation sites (tertiary alicyclic amines) is 1. The van der Waals surface area contributed by atoms with Crippen molar-refractivity contribution in [1.29, 1.82) is 5.26 Å². The molecule has 140 valence electrons. The van der Waals surface area contributed by atoms with Crippen LogP contribution in [0, 0.1) is 11.3 Å². The topological polar surface area (TPSA) is 88.9 Å². The van der Waals surface area contributed by atoms with Crippen LogP contribution in [-0.4, -0.2) is 48.4 Å². The van der Waals surface area contributed by atoms with Crippen molar-refractivity contribution < 1.29 is 23.8 Å². The van der Waals surface area contributed by atoms with Crippen molar-refractivity contribution in [3.05, 3.63) is 28.8 Å². The van der Waals surface area contributed by atoms with Gasteiger partial charge in [-0.15, -0.1) is 0 Å². The van der Waals surface area contributed by atoms with Crippen molar-refractivity contribution in [3.8, 4) is 11.8 Å². The number of nitrogens with zero attached hydrogens (tertiary/aromatic N) is 2. The number of halogens is 1. The summed E-state index contributed by atoms with van der Waals surface area (Å²) in [5.74, 6) is -0.0755. The summed E-state index contributed by atoms with van der Waals surface area (Å²) in [7, 11) is 1.27. The smallest absolute Gasteiger partial charge is 0.411 e. The first-order chi connectivity index (χ1) is 12.1. The van der Waals surface area contributed by atoms with Crippen LogP contribution in [0.4, 0.5) is 4.79 Å². The Labute approximate surface area is 157 Å². The van der Waals surface area contributed by atoms with Crippen LogP contribution in [0.25, 0.3) is 0 Å². The first kappa shape index (κ1) is 19.9. The highest BCUT2D eigenvalue weighted by Gasteiger charge is 2.43. The lowest BCUT2D eigenvalue weighted by molar-refractivity contribution is -0.145. The average molecular weight is 381 g/mol. The van der Waals surface area contributed by atoms with E-state index in [0.29, 0.717) is 11.3 Å². The van der Waals surface area contributed by atoms with E-state index < -0.39 is 29.8 Å². The molecule has 0 radical (unpaired) electrons.